The van der Waals surface area contributed by atoms with Crippen LogP contribution in [0.4, 0.5) is 8.78 Å². The number of rotatable bonds is 4. The van der Waals surface area contributed by atoms with Gasteiger partial charge in [-0.3, -0.25) is 4.79 Å². The van der Waals surface area contributed by atoms with Crippen LogP contribution in [0.15, 0.2) is 35.5 Å². The number of hydrogen-bond donors (Lipinski definition) is 2. The number of carbonyl (C=O) groups excluding carboxylic acids is 1. The van der Waals surface area contributed by atoms with E-state index in [9.17, 15) is 13.6 Å². The van der Waals surface area contributed by atoms with Gasteiger partial charge in [0.15, 0.2) is 5.11 Å². The molecule has 1 saturated heterocycles. The van der Waals surface area contributed by atoms with E-state index in [2.05, 4.69) is 15.4 Å². The first-order chi connectivity index (χ1) is 12.5. The molecule has 6 nitrogen and oxygen atoms in total. The Morgan fingerprint density at radius 1 is 1.35 bits per heavy atom. The molecule has 26 heavy (non-hydrogen) atoms. The van der Waals surface area contributed by atoms with Crippen molar-refractivity contribution in [1.29, 1.82) is 0 Å². The van der Waals surface area contributed by atoms with Gasteiger partial charge in [0, 0.05) is 24.4 Å². The molecule has 1 aromatic rings. The zero-order valence-corrected chi connectivity index (χ0v) is 14.9. The number of thiocarbonyl (C=S) groups is 1. The zero-order valence-electron chi connectivity index (χ0n) is 14.1. The molecule has 140 valence electrons. The number of alkyl halides is 2. The summed E-state index contributed by atoms with van der Waals surface area (Å²) in [5.74, 6) is -0.185. The Morgan fingerprint density at radius 3 is 2.73 bits per heavy atom. The van der Waals surface area contributed by atoms with E-state index in [-0.39, 0.29) is 11.7 Å². The van der Waals surface area contributed by atoms with Crippen LogP contribution in [0.5, 0.6) is 5.75 Å². The van der Waals surface area contributed by atoms with Gasteiger partial charge in [-0.05, 0) is 25.2 Å². The second-order valence-corrected chi connectivity index (χ2v) is 6.30. The van der Waals surface area contributed by atoms with Gasteiger partial charge in [0.2, 0.25) is 0 Å². The average molecular weight is 383 g/mol. The van der Waals surface area contributed by atoms with Gasteiger partial charge in [0.05, 0.1) is 24.8 Å². The van der Waals surface area contributed by atoms with Crippen molar-refractivity contribution in [1.82, 2.24) is 15.5 Å². The normalized spacial score (nSPS) is 20.7. The number of carbonyl (C=O) groups is 1. The number of halogens is 2. The largest absolute Gasteiger partial charge is 0.434 e. The summed E-state index contributed by atoms with van der Waals surface area (Å²) in [6.45, 7) is 0.655. The molecule has 1 amide bonds. The van der Waals surface area contributed by atoms with Gasteiger partial charge in [-0.1, -0.05) is 18.2 Å². The molecule has 2 heterocycles. The minimum Gasteiger partial charge on any atom is -0.434 e. The average Bonchev–Trinajstić information content (AvgIpc) is 2.61. The van der Waals surface area contributed by atoms with Gasteiger partial charge in [0.1, 0.15) is 5.75 Å². The first kappa shape index (κ1) is 18.5. The van der Waals surface area contributed by atoms with Crippen LogP contribution in [0.3, 0.4) is 0 Å². The Bertz CT molecular complexity index is 736. The molecule has 2 N–H and O–H groups in total. The van der Waals surface area contributed by atoms with Crippen molar-refractivity contribution in [2.75, 3.05) is 26.3 Å². The van der Waals surface area contributed by atoms with E-state index >= 15 is 0 Å². The summed E-state index contributed by atoms with van der Waals surface area (Å²) >= 11 is 5.20. The molecule has 2 aliphatic heterocycles. The predicted molar refractivity (Wildman–Crippen MR) is 94.8 cm³/mol. The number of amides is 1. The maximum atomic E-state index is 13.1. The van der Waals surface area contributed by atoms with Crippen LogP contribution < -0.4 is 15.4 Å². The lowest BCUT2D eigenvalue weighted by Crippen LogP contribution is -2.49. The molecule has 0 aromatic heterocycles. The number of hydrogen-bond acceptors (Lipinski definition) is 4. The monoisotopic (exact) mass is 383 g/mol. The third-order valence-electron chi connectivity index (χ3n) is 4.24. The van der Waals surface area contributed by atoms with E-state index in [1.807, 2.05) is 0 Å². The van der Waals surface area contributed by atoms with E-state index < -0.39 is 12.7 Å². The van der Waals surface area contributed by atoms with Crippen LogP contribution in [-0.4, -0.2) is 48.8 Å². The minimum absolute atomic E-state index is 0.00442. The summed E-state index contributed by atoms with van der Waals surface area (Å²) in [5, 5.41) is 6.26. The smallest absolute Gasteiger partial charge is 0.387 e. The van der Waals surface area contributed by atoms with Crippen LogP contribution in [0.2, 0.25) is 0 Å². The first-order valence-corrected chi connectivity index (χ1v) is 8.57. The molecule has 1 aromatic carbocycles. The highest BCUT2D eigenvalue weighted by atomic mass is 32.1. The van der Waals surface area contributed by atoms with Crippen molar-refractivity contribution < 1.29 is 23.0 Å². The summed E-state index contributed by atoms with van der Waals surface area (Å²) in [4.78, 5) is 14.8. The van der Waals surface area contributed by atoms with Crippen LogP contribution >= 0.6 is 12.2 Å². The molecule has 0 aliphatic carbocycles. The summed E-state index contributed by atoms with van der Waals surface area (Å²) in [5.41, 5.74) is 1.43. The van der Waals surface area contributed by atoms with E-state index in [0.29, 0.717) is 48.2 Å². The van der Waals surface area contributed by atoms with Gasteiger partial charge >= 0.3 is 6.61 Å². The van der Waals surface area contributed by atoms with Gasteiger partial charge in [-0.2, -0.15) is 8.78 Å². The highest BCUT2D eigenvalue weighted by Gasteiger charge is 2.34. The molecule has 1 fully saturated rings. The highest BCUT2D eigenvalue weighted by Crippen LogP contribution is 2.34. The minimum atomic E-state index is -2.96. The van der Waals surface area contributed by atoms with Gasteiger partial charge < -0.3 is 25.0 Å². The fraction of sp³-hybridized carbons (Fsp3) is 0.412. The molecule has 3 rings (SSSR count). The number of morpholine rings is 1. The lowest BCUT2D eigenvalue weighted by Gasteiger charge is -2.35. The number of nitrogens with zero attached hydrogens (tertiary/aromatic N) is 1. The third-order valence-corrected chi connectivity index (χ3v) is 4.46. The first-order valence-electron chi connectivity index (χ1n) is 8.16. The Hall–Kier alpha value is -2.26. The molecule has 9 heteroatoms. The van der Waals surface area contributed by atoms with Crippen LogP contribution in [0.1, 0.15) is 18.5 Å². The molecular weight excluding hydrogens is 364 g/mol. The topological polar surface area (TPSA) is 62.8 Å². The maximum Gasteiger partial charge on any atom is 0.387 e. The molecule has 0 unspecified atom stereocenters. The Balaban J connectivity index is 1.99. The molecular formula is C17H19F2N3O3S. The van der Waals surface area contributed by atoms with Gasteiger partial charge in [0.25, 0.3) is 5.91 Å². The van der Waals surface area contributed by atoms with E-state index in [1.54, 1.807) is 30.0 Å². The standard InChI is InChI=1S/C17H19F2N3O3S/c1-10-13(15(23)22-6-8-24-9-7-22)14(21-17(26)20-10)11-4-2-3-5-12(11)25-16(18)19/h2-5,14,16H,6-9H2,1H3,(H2,20,21,26)/t14-/m0/s1. The number of nitrogens with one attached hydrogen (secondary N) is 2. The van der Waals surface area contributed by atoms with Gasteiger partial charge in [-0.25, -0.2) is 0 Å². The zero-order chi connectivity index (χ0) is 18.7. The summed E-state index contributed by atoms with van der Waals surface area (Å²) in [6, 6.07) is 5.70. The summed E-state index contributed by atoms with van der Waals surface area (Å²) in [7, 11) is 0. The quantitative estimate of drug-likeness (QED) is 0.775. The Labute approximate surface area is 155 Å². The maximum absolute atomic E-state index is 13.1. The SMILES string of the molecule is CC1=C(C(=O)N2CCOCC2)[C@H](c2ccccc2OC(F)F)NC(=S)N1. The number of ether oxygens (including phenoxy) is 2. The van der Waals surface area contributed by atoms with E-state index in [1.165, 1.54) is 6.07 Å². The number of allylic oxidation sites excluding steroid dienone is 1. The van der Waals surface area contributed by atoms with Crippen LogP contribution in [0.25, 0.3) is 0 Å². The van der Waals surface area contributed by atoms with Crippen molar-refractivity contribution in [3.63, 3.8) is 0 Å². The third kappa shape index (κ3) is 3.94. The van der Waals surface area contributed by atoms with E-state index in [0.717, 1.165) is 0 Å². The van der Waals surface area contributed by atoms with Crippen molar-refractivity contribution in [3.05, 3.63) is 41.1 Å². The van der Waals surface area contributed by atoms with Crippen molar-refractivity contribution in [2.24, 2.45) is 0 Å². The summed E-state index contributed by atoms with van der Waals surface area (Å²) in [6.07, 6.45) is 0. The fourth-order valence-electron chi connectivity index (χ4n) is 3.07. The van der Waals surface area contributed by atoms with E-state index in [4.69, 9.17) is 17.0 Å². The Morgan fingerprint density at radius 2 is 2.04 bits per heavy atom. The molecule has 0 spiro atoms. The van der Waals surface area contributed by atoms with Crippen molar-refractivity contribution in [3.8, 4) is 5.75 Å². The van der Waals surface area contributed by atoms with Crippen molar-refractivity contribution in [2.45, 2.75) is 19.6 Å². The Kier molecular flexibility index (Phi) is 5.67. The number of para-hydroxylation sites is 1. The predicted octanol–water partition coefficient (Wildman–Crippen LogP) is 1.94. The lowest BCUT2D eigenvalue weighted by atomic mass is 9.93. The molecule has 0 bridgehead atoms. The second kappa shape index (κ2) is 7.96. The molecule has 0 radical (unpaired) electrons. The molecule has 1 atom stereocenters. The fourth-order valence-corrected chi connectivity index (χ4v) is 3.34. The number of benzene rings is 1. The van der Waals surface area contributed by atoms with Crippen LogP contribution in [0, 0.1) is 0 Å². The van der Waals surface area contributed by atoms with Crippen LogP contribution in [-0.2, 0) is 9.53 Å². The summed E-state index contributed by atoms with van der Waals surface area (Å²) < 4.78 is 35.5. The molecule has 2 aliphatic rings. The molecule has 0 saturated carbocycles. The second-order valence-electron chi connectivity index (χ2n) is 5.89. The highest BCUT2D eigenvalue weighted by molar-refractivity contribution is 7.80. The van der Waals surface area contributed by atoms with Gasteiger partial charge in [-0.15, -0.1) is 0 Å². The lowest BCUT2D eigenvalue weighted by molar-refractivity contribution is -0.131. The van der Waals surface area contributed by atoms with Crippen molar-refractivity contribution >= 4 is 23.2 Å².